The Balaban J connectivity index is 0.00000162. The predicted molar refractivity (Wildman–Crippen MR) is 77.1 cm³/mol. The zero-order valence-corrected chi connectivity index (χ0v) is 12.2. The van der Waals surface area contributed by atoms with Crippen LogP contribution >= 0.6 is 12.4 Å². The van der Waals surface area contributed by atoms with Crippen molar-refractivity contribution in [3.63, 3.8) is 0 Å². The maximum absolute atomic E-state index is 11.9. The summed E-state index contributed by atoms with van der Waals surface area (Å²) in [5, 5.41) is 6.48. The predicted octanol–water partition coefficient (Wildman–Crippen LogP) is 2.64. The Morgan fingerprint density at radius 1 is 1.22 bits per heavy atom. The van der Waals surface area contributed by atoms with Gasteiger partial charge in [-0.1, -0.05) is 19.8 Å². The largest absolute Gasteiger partial charge is 0.352 e. The fraction of sp³-hybridized carbons (Fsp3) is 0.929. The molecule has 2 N–H and O–H groups in total. The topological polar surface area (TPSA) is 41.1 Å². The van der Waals surface area contributed by atoms with Crippen LogP contribution in [0.1, 0.15) is 58.3 Å². The van der Waals surface area contributed by atoms with Crippen LogP contribution in [0.15, 0.2) is 0 Å². The molecule has 1 saturated heterocycles. The zero-order valence-electron chi connectivity index (χ0n) is 11.4. The lowest BCUT2D eigenvalue weighted by Gasteiger charge is -2.29. The van der Waals surface area contributed by atoms with E-state index in [4.69, 9.17) is 0 Å². The SMILES string of the molecule is CCCC1CCC(NC(=O)[C@@H]2CCCN2)CC1.Cl. The molecule has 1 aliphatic carbocycles. The summed E-state index contributed by atoms with van der Waals surface area (Å²) in [6, 6.07) is 0.529. The van der Waals surface area contributed by atoms with Crippen molar-refractivity contribution in [3.8, 4) is 0 Å². The summed E-state index contributed by atoms with van der Waals surface area (Å²) >= 11 is 0. The second-order valence-corrected chi connectivity index (χ2v) is 5.66. The molecule has 2 fully saturated rings. The number of rotatable bonds is 4. The standard InChI is InChI=1S/C14H26N2O.ClH/c1-2-4-11-6-8-12(9-7-11)16-14(17)13-5-3-10-15-13;/h11-13,15H,2-10H2,1H3,(H,16,17);1H/t11?,12?,13-;/m0./s1. The van der Waals surface area contributed by atoms with Gasteiger partial charge in [-0.25, -0.2) is 0 Å². The lowest BCUT2D eigenvalue weighted by atomic mass is 9.83. The molecule has 1 amide bonds. The highest BCUT2D eigenvalue weighted by molar-refractivity contribution is 5.85. The third kappa shape index (κ3) is 4.43. The van der Waals surface area contributed by atoms with Crippen molar-refractivity contribution in [1.29, 1.82) is 0 Å². The highest BCUT2D eigenvalue weighted by Gasteiger charge is 2.26. The first-order valence-corrected chi connectivity index (χ1v) is 7.33. The summed E-state index contributed by atoms with van der Waals surface area (Å²) in [5.41, 5.74) is 0. The lowest BCUT2D eigenvalue weighted by Crippen LogP contribution is -2.46. The Morgan fingerprint density at radius 3 is 2.50 bits per heavy atom. The van der Waals surface area contributed by atoms with Gasteiger partial charge in [0, 0.05) is 6.04 Å². The molecule has 18 heavy (non-hydrogen) atoms. The van der Waals surface area contributed by atoms with Crippen molar-refractivity contribution in [2.24, 2.45) is 5.92 Å². The van der Waals surface area contributed by atoms with Crippen LogP contribution in [0.2, 0.25) is 0 Å². The van der Waals surface area contributed by atoms with Crippen LogP contribution in [0.4, 0.5) is 0 Å². The van der Waals surface area contributed by atoms with Crippen molar-refractivity contribution < 1.29 is 4.79 Å². The molecule has 2 rings (SSSR count). The smallest absolute Gasteiger partial charge is 0.237 e. The molecule has 3 nitrogen and oxygen atoms in total. The second-order valence-electron chi connectivity index (χ2n) is 5.66. The van der Waals surface area contributed by atoms with Crippen LogP contribution in [0, 0.1) is 5.92 Å². The fourth-order valence-corrected chi connectivity index (χ4v) is 3.21. The number of hydrogen-bond acceptors (Lipinski definition) is 2. The van der Waals surface area contributed by atoms with Gasteiger partial charge >= 0.3 is 0 Å². The van der Waals surface area contributed by atoms with Gasteiger partial charge in [-0.2, -0.15) is 0 Å². The van der Waals surface area contributed by atoms with Gasteiger partial charge in [-0.15, -0.1) is 12.4 Å². The summed E-state index contributed by atoms with van der Waals surface area (Å²) in [6.45, 7) is 3.26. The van der Waals surface area contributed by atoms with Crippen LogP contribution < -0.4 is 10.6 Å². The van der Waals surface area contributed by atoms with E-state index in [-0.39, 0.29) is 24.4 Å². The van der Waals surface area contributed by atoms with E-state index in [1.54, 1.807) is 0 Å². The van der Waals surface area contributed by atoms with E-state index in [1.807, 2.05) is 0 Å². The maximum Gasteiger partial charge on any atom is 0.237 e. The van der Waals surface area contributed by atoms with Gasteiger partial charge in [0.15, 0.2) is 0 Å². The van der Waals surface area contributed by atoms with Gasteiger partial charge in [0.25, 0.3) is 0 Å². The molecule has 2 aliphatic rings. The maximum atomic E-state index is 11.9. The third-order valence-electron chi connectivity index (χ3n) is 4.27. The first-order valence-electron chi connectivity index (χ1n) is 7.33. The Kier molecular flexibility index (Phi) is 7.02. The summed E-state index contributed by atoms with van der Waals surface area (Å²) in [7, 11) is 0. The van der Waals surface area contributed by atoms with Crippen molar-refractivity contribution in [1.82, 2.24) is 10.6 Å². The molecular formula is C14H27ClN2O. The van der Waals surface area contributed by atoms with Crippen LogP contribution in [-0.4, -0.2) is 24.5 Å². The van der Waals surface area contributed by atoms with Gasteiger partial charge in [0.2, 0.25) is 5.91 Å². The molecule has 0 spiro atoms. The van der Waals surface area contributed by atoms with E-state index < -0.39 is 0 Å². The van der Waals surface area contributed by atoms with Crippen molar-refractivity contribution >= 4 is 18.3 Å². The lowest BCUT2D eigenvalue weighted by molar-refractivity contribution is -0.123. The van der Waals surface area contributed by atoms with E-state index in [1.165, 1.54) is 38.5 Å². The summed E-state index contributed by atoms with van der Waals surface area (Å²) < 4.78 is 0. The minimum absolute atomic E-state index is 0. The molecule has 1 saturated carbocycles. The minimum Gasteiger partial charge on any atom is -0.352 e. The van der Waals surface area contributed by atoms with Gasteiger partial charge in [0.1, 0.15) is 0 Å². The van der Waals surface area contributed by atoms with E-state index in [2.05, 4.69) is 17.6 Å². The Bertz CT molecular complexity index is 246. The van der Waals surface area contributed by atoms with Gasteiger partial charge in [0.05, 0.1) is 6.04 Å². The Labute approximate surface area is 117 Å². The molecule has 0 radical (unpaired) electrons. The first-order chi connectivity index (χ1) is 8.29. The second kappa shape index (κ2) is 8.00. The summed E-state index contributed by atoms with van der Waals surface area (Å²) in [4.78, 5) is 11.9. The number of nitrogens with one attached hydrogen (secondary N) is 2. The van der Waals surface area contributed by atoms with E-state index in [0.717, 1.165) is 25.3 Å². The molecule has 1 heterocycles. The molecular weight excluding hydrogens is 248 g/mol. The van der Waals surface area contributed by atoms with Crippen LogP contribution in [0.5, 0.6) is 0 Å². The monoisotopic (exact) mass is 274 g/mol. The highest BCUT2D eigenvalue weighted by atomic mass is 35.5. The van der Waals surface area contributed by atoms with Crippen LogP contribution in [0.25, 0.3) is 0 Å². The molecule has 0 aromatic carbocycles. The number of amides is 1. The quantitative estimate of drug-likeness (QED) is 0.828. The van der Waals surface area contributed by atoms with E-state index >= 15 is 0 Å². The highest BCUT2D eigenvalue weighted by Crippen LogP contribution is 2.27. The average molecular weight is 275 g/mol. The van der Waals surface area contributed by atoms with Gasteiger partial charge in [-0.3, -0.25) is 4.79 Å². The van der Waals surface area contributed by atoms with Crippen molar-refractivity contribution in [2.45, 2.75) is 70.4 Å². The normalized spacial score (nSPS) is 31.7. The number of halogens is 1. The van der Waals surface area contributed by atoms with Gasteiger partial charge < -0.3 is 10.6 Å². The summed E-state index contributed by atoms with van der Waals surface area (Å²) in [5.74, 6) is 1.15. The molecule has 0 bridgehead atoms. The van der Waals surface area contributed by atoms with Gasteiger partial charge in [-0.05, 0) is 51.0 Å². The first kappa shape index (κ1) is 15.8. The van der Waals surface area contributed by atoms with Crippen molar-refractivity contribution in [2.75, 3.05) is 6.54 Å². The molecule has 106 valence electrons. The van der Waals surface area contributed by atoms with E-state index in [0.29, 0.717) is 6.04 Å². The molecule has 0 aromatic rings. The molecule has 4 heteroatoms. The van der Waals surface area contributed by atoms with E-state index in [9.17, 15) is 4.79 Å². The zero-order chi connectivity index (χ0) is 12.1. The Hall–Kier alpha value is -0.280. The molecule has 0 unspecified atom stereocenters. The third-order valence-corrected chi connectivity index (χ3v) is 4.27. The average Bonchev–Trinajstić information content (AvgIpc) is 2.86. The summed E-state index contributed by atoms with van der Waals surface area (Å²) in [6.07, 6.45) is 9.79. The minimum atomic E-state index is 0. The molecule has 0 aromatic heterocycles. The fourth-order valence-electron chi connectivity index (χ4n) is 3.21. The van der Waals surface area contributed by atoms with Crippen LogP contribution in [0.3, 0.4) is 0 Å². The molecule has 1 aliphatic heterocycles. The number of carbonyl (C=O) groups excluding carboxylic acids is 1. The number of hydrogen-bond donors (Lipinski definition) is 2. The Morgan fingerprint density at radius 2 is 1.94 bits per heavy atom. The molecule has 1 atom stereocenters. The van der Waals surface area contributed by atoms with Crippen molar-refractivity contribution in [3.05, 3.63) is 0 Å². The van der Waals surface area contributed by atoms with Crippen LogP contribution in [-0.2, 0) is 4.79 Å². The number of carbonyl (C=O) groups is 1.